The molecule has 0 amide bonds. The number of hydrogen-bond acceptors (Lipinski definition) is 5. The van der Waals surface area contributed by atoms with Gasteiger partial charge < -0.3 is 20.1 Å². The summed E-state index contributed by atoms with van der Waals surface area (Å²) in [7, 11) is 0. The molecular formula is C13H18O5. The highest BCUT2D eigenvalue weighted by Gasteiger charge is 2.28. The lowest BCUT2D eigenvalue weighted by Crippen LogP contribution is -2.35. The normalized spacial score (nSPS) is 11.3. The second-order valence-corrected chi connectivity index (χ2v) is 4.23. The van der Waals surface area contributed by atoms with Gasteiger partial charge in [0.25, 0.3) is 0 Å². The lowest BCUT2D eigenvalue weighted by atomic mass is 9.88. The Bertz CT molecular complexity index is 351. The molecule has 0 saturated carbocycles. The van der Waals surface area contributed by atoms with Crippen LogP contribution in [0.25, 0.3) is 0 Å². The van der Waals surface area contributed by atoms with Crippen molar-refractivity contribution in [2.45, 2.75) is 6.42 Å². The molecule has 0 aliphatic carbocycles. The number of carbonyl (C=O) groups excluding carboxylic acids is 1. The van der Waals surface area contributed by atoms with Gasteiger partial charge >= 0.3 is 5.97 Å². The molecule has 3 N–H and O–H groups in total. The number of aliphatic hydroxyl groups is 3. The molecule has 18 heavy (non-hydrogen) atoms. The molecule has 0 fully saturated rings. The molecule has 0 radical (unpaired) electrons. The maximum Gasteiger partial charge on any atom is 0.338 e. The highest BCUT2D eigenvalue weighted by molar-refractivity contribution is 5.89. The van der Waals surface area contributed by atoms with Gasteiger partial charge in [0.2, 0.25) is 0 Å². The Balaban J connectivity index is 2.44. The quantitative estimate of drug-likeness (QED) is 0.605. The van der Waals surface area contributed by atoms with Crippen LogP contribution in [0.5, 0.6) is 0 Å². The Hall–Kier alpha value is -1.43. The summed E-state index contributed by atoms with van der Waals surface area (Å²) in [6.45, 7) is -1.04. The molecule has 5 heteroatoms. The molecule has 0 aliphatic rings. The van der Waals surface area contributed by atoms with E-state index in [4.69, 9.17) is 20.1 Å². The van der Waals surface area contributed by atoms with Crippen molar-refractivity contribution in [3.63, 3.8) is 0 Å². The first-order chi connectivity index (χ1) is 8.67. The van der Waals surface area contributed by atoms with Gasteiger partial charge in [-0.05, 0) is 18.6 Å². The highest BCUT2D eigenvalue weighted by Crippen LogP contribution is 2.20. The number of benzene rings is 1. The summed E-state index contributed by atoms with van der Waals surface area (Å²) in [5.41, 5.74) is -0.558. The minimum absolute atomic E-state index is 0.0371. The van der Waals surface area contributed by atoms with Crippen molar-refractivity contribution in [1.82, 2.24) is 0 Å². The average molecular weight is 254 g/mol. The van der Waals surface area contributed by atoms with E-state index < -0.39 is 11.4 Å². The van der Waals surface area contributed by atoms with Crippen LogP contribution in [0.2, 0.25) is 0 Å². The van der Waals surface area contributed by atoms with Gasteiger partial charge in [0.1, 0.15) is 0 Å². The van der Waals surface area contributed by atoms with Gasteiger partial charge in [0, 0.05) is 5.41 Å². The third-order valence-corrected chi connectivity index (χ3v) is 2.88. The molecule has 0 saturated heterocycles. The van der Waals surface area contributed by atoms with Gasteiger partial charge in [-0.3, -0.25) is 0 Å². The lowest BCUT2D eigenvalue weighted by Gasteiger charge is -2.26. The average Bonchev–Trinajstić information content (AvgIpc) is 2.45. The zero-order chi connectivity index (χ0) is 13.4. The van der Waals surface area contributed by atoms with E-state index in [1.165, 1.54) is 0 Å². The third-order valence-electron chi connectivity index (χ3n) is 2.88. The van der Waals surface area contributed by atoms with Crippen LogP contribution < -0.4 is 0 Å². The molecular weight excluding hydrogens is 236 g/mol. The van der Waals surface area contributed by atoms with E-state index in [-0.39, 0.29) is 32.8 Å². The van der Waals surface area contributed by atoms with Crippen molar-refractivity contribution in [1.29, 1.82) is 0 Å². The van der Waals surface area contributed by atoms with E-state index in [9.17, 15) is 4.79 Å². The van der Waals surface area contributed by atoms with Crippen molar-refractivity contribution in [2.75, 3.05) is 26.4 Å². The van der Waals surface area contributed by atoms with E-state index in [1.807, 2.05) is 0 Å². The van der Waals surface area contributed by atoms with Gasteiger partial charge in [-0.25, -0.2) is 4.79 Å². The molecule has 1 aromatic carbocycles. The molecule has 0 heterocycles. The largest absolute Gasteiger partial charge is 0.462 e. The van der Waals surface area contributed by atoms with Gasteiger partial charge in [-0.15, -0.1) is 0 Å². The number of esters is 1. The van der Waals surface area contributed by atoms with Crippen LogP contribution >= 0.6 is 0 Å². The Morgan fingerprint density at radius 2 is 1.61 bits per heavy atom. The number of hydrogen-bond donors (Lipinski definition) is 3. The summed E-state index contributed by atoms with van der Waals surface area (Å²) >= 11 is 0. The molecule has 1 aromatic rings. The standard InChI is InChI=1S/C13H18O5/c14-8-13(9-15,10-16)6-7-18-12(17)11-4-2-1-3-5-11/h1-5,14-16H,6-10H2. The zero-order valence-electron chi connectivity index (χ0n) is 10.1. The van der Waals surface area contributed by atoms with E-state index in [2.05, 4.69) is 0 Å². The summed E-state index contributed by atoms with van der Waals surface area (Å²) < 4.78 is 5.02. The summed E-state index contributed by atoms with van der Waals surface area (Å²) in [6.07, 6.45) is 0.203. The summed E-state index contributed by atoms with van der Waals surface area (Å²) in [4.78, 5) is 11.6. The zero-order valence-corrected chi connectivity index (χ0v) is 10.1. The fourth-order valence-corrected chi connectivity index (χ4v) is 1.40. The van der Waals surface area contributed by atoms with Crippen molar-refractivity contribution >= 4 is 5.97 Å². The summed E-state index contributed by atoms with van der Waals surface area (Å²) in [5, 5.41) is 27.3. The van der Waals surface area contributed by atoms with Gasteiger partial charge in [-0.1, -0.05) is 18.2 Å². The smallest absolute Gasteiger partial charge is 0.338 e. The van der Waals surface area contributed by atoms with Crippen LogP contribution in [0.3, 0.4) is 0 Å². The van der Waals surface area contributed by atoms with Crippen LogP contribution in [0.4, 0.5) is 0 Å². The molecule has 0 atom stereocenters. The first kappa shape index (κ1) is 14.6. The maximum absolute atomic E-state index is 11.6. The first-order valence-corrected chi connectivity index (χ1v) is 5.72. The third kappa shape index (κ3) is 3.80. The van der Waals surface area contributed by atoms with Crippen LogP contribution in [-0.2, 0) is 4.74 Å². The second kappa shape index (κ2) is 7.10. The Morgan fingerprint density at radius 1 is 1.06 bits per heavy atom. The fourth-order valence-electron chi connectivity index (χ4n) is 1.40. The van der Waals surface area contributed by atoms with Crippen LogP contribution in [-0.4, -0.2) is 47.7 Å². The Kier molecular flexibility index (Phi) is 5.77. The highest BCUT2D eigenvalue weighted by atomic mass is 16.5. The van der Waals surface area contributed by atoms with Crippen molar-refractivity contribution in [2.24, 2.45) is 5.41 Å². The van der Waals surface area contributed by atoms with Crippen molar-refractivity contribution in [3.05, 3.63) is 35.9 Å². The predicted molar refractivity (Wildman–Crippen MR) is 65.0 cm³/mol. The number of aliphatic hydroxyl groups excluding tert-OH is 3. The summed E-state index contributed by atoms with van der Waals surface area (Å²) in [6, 6.07) is 8.54. The lowest BCUT2D eigenvalue weighted by molar-refractivity contribution is -0.0172. The fraction of sp³-hybridized carbons (Fsp3) is 0.462. The number of ether oxygens (including phenoxy) is 1. The molecule has 5 nitrogen and oxygen atoms in total. The van der Waals surface area contributed by atoms with Crippen molar-refractivity contribution < 1.29 is 24.9 Å². The first-order valence-electron chi connectivity index (χ1n) is 5.72. The van der Waals surface area contributed by atoms with Crippen LogP contribution in [0, 0.1) is 5.41 Å². The van der Waals surface area contributed by atoms with Crippen LogP contribution in [0.15, 0.2) is 30.3 Å². The van der Waals surface area contributed by atoms with Gasteiger partial charge in [0.05, 0.1) is 32.0 Å². The van der Waals surface area contributed by atoms with Crippen molar-refractivity contribution in [3.8, 4) is 0 Å². The second-order valence-electron chi connectivity index (χ2n) is 4.23. The topological polar surface area (TPSA) is 87.0 Å². The van der Waals surface area contributed by atoms with E-state index in [1.54, 1.807) is 30.3 Å². The number of carbonyl (C=O) groups is 1. The monoisotopic (exact) mass is 254 g/mol. The number of rotatable bonds is 7. The Morgan fingerprint density at radius 3 is 2.11 bits per heavy atom. The minimum Gasteiger partial charge on any atom is -0.462 e. The SMILES string of the molecule is O=C(OCCC(CO)(CO)CO)c1ccccc1. The van der Waals surface area contributed by atoms with Gasteiger partial charge in [0.15, 0.2) is 0 Å². The van der Waals surface area contributed by atoms with Crippen LogP contribution in [0.1, 0.15) is 16.8 Å². The summed E-state index contributed by atoms with van der Waals surface area (Å²) in [5.74, 6) is -0.460. The molecule has 0 aliphatic heterocycles. The maximum atomic E-state index is 11.6. The predicted octanol–water partition coefficient (Wildman–Crippen LogP) is 0.197. The molecule has 100 valence electrons. The van der Waals surface area contributed by atoms with E-state index in [0.29, 0.717) is 5.56 Å². The van der Waals surface area contributed by atoms with E-state index in [0.717, 1.165) is 0 Å². The Labute approximate surface area is 106 Å². The molecule has 0 unspecified atom stereocenters. The molecule has 0 spiro atoms. The molecule has 1 rings (SSSR count). The molecule has 0 aromatic heterocycles. The van der Waals surface area contributed by atoms with Gasteiger partial charge in [-0.2, -0.15) is 0 Å². The van der Waals surface area contributed by atoms with E-state index >= 15 is 0 Å². The minimum atomic E-state index is -1.00. The molecule has 0 bridgehead atoms.